The predicted molar refractivity (Wildman–Crippen MR) is 67.8 cm³/mol. The van der Waals surface area contributed by atoms with Crippen LogP contribution >= 0.6 is 0 Å². The van der Waals surface area contributed by atoms with Crippen LogP contribution in [-0.2, 0) is 14.3 Å². The van der Waals surface area contributed by atoms with Gasteiger partial charge in [-0.15, -0.1) is 0 Å². The van der Waals surface area contributed by atoms with E-state index in [2.05, 4.69) is 13.8 Å². The lowest BCUT2D eigenvalue weighted by molar-refractivity contribution is -0.154. The molecule has 1 aliphatic rings. The Morgan fingerprint density at radius 3 is 2.12 bits per heavy atom. The van der Waals surface area contributed by atoms with Crippen molar-refractivity contribution in [2.45, 2.75) is 65.6 Å². The summed E-state index contributed by atoms with van der Waals surface area (Å²) in [6.45, 7) is 8.76. The van der Waals surface area contributed by atoms with Crippen molar-refractivity contribution in [2.75, 3.05) is 6.61 Å². The molecule has 0 spiro atoms. The zero-order valence-electron chi connectivity index (χ0n) is 11.6. The van der Waals surface area contributed by atoms with Crippen LogP contribution in [0.25, 0.3) is 0 Å². The van der Waals surface area contributed by atoms with Gasteiger partial charge in [-0.3, -0.25) is 4.79 Å². The fraction of sp³-hybridized carbons (Fsp3) is 0.929. The Morgan fingerprint density at radius 1 is 1.06 bits per heavy atom. The summed E-state index contributed by atoms with van der Waals surface area (Å²) in [4.78, 5) is 11.7. The van der Waals surface area contributed by atoms with Crippen LogP contribution in [0.1, 0.15) is 53.4 Å². The minimum atomic E-state index is -0.0109. The molecule has 0 radical (unpaired) electrons. The third-order valence-electron chi connectivity index (χ3n) is 3.20. The molecule has 17 heavy (non-hydrogen) atoms. The molecule has 3 heteroatoms. The van der Waals surface area contributed by atoms with Gasteiger partial charge in [-0.2, -0.15) is 0 Å². The van der Waals surface area contributed by atoms with E-state index >= 15 is 0 Å². The monoisotopic (exact) mass is 242 g/mol. The molecule has 0 aromatic carbocycles. The normalized spacial score (nSPS) is 25.3. The predicted octanol–water partition coefficient (Wildman–Crippen LogP) is 3.17. The minimum absolute atomic E-state index is 0.00416. The summed E-state index contributed by atoms with van der Waals surface area (Å²) >= 11 is 0. The lowest BCUT2D eigenvalue weighted by Gasteiger charge is -2.28. The molecule has 0 atom stereocenters. The molecule has 1 rings (SSSR count). The SMILES string of the molecule is CC(C)OCC1CCC(C(=O)OC(C)C)CC1. The van der Waals surface area contributed by atoms with Crippen LogP contribution in [0.15, 0.2) is 0 Å². The lowest BCUT2D eigenvalue weighted by atomic mass is 9.82. The zero-order chi connectivity index (χ0) is 12.8. The van der Waals surface area contributed by atoms with Crippen molar-refractivity contribution < 1.29 is 14.3 Å². The Balaban J connectivity index is 2.23. The number of ether oxygens (including phenoxy) is 2. The van der Waals surface area contributed by atoms with E-state index in [1.807, 2.05) is 13.8 Å². The van der Waals surface area contributed by atoms with E-state index < -0.39 is 0 Å². The first-order chi connectivity index (χ1) is 7.99. The number of esters is 1. The Bertz CT molecular complexity index is 228. The molecule has 0 amide bonds. The maximum absolute atomic E-state index is 11.7. The average molecular weight is 242 g/mol. The quantitative estimate of drug-likeness (QED) is 0.695. The maximum atomic E-state index is 11.7. The molecular weight excluding hydrogens is 216 g/mol. The van der Waals surface area contributed by atoms with Crippen LogP contribution in [0.5, 0.6) is 0 Å². The highest BCUT2D eigenvalue weighted by atomic mass is 16.5. The fourth-order valence-corrected chi connectivity index (χ4v) is 2.22. The Morgan fingerprint density at radius 2 is 1.65 bits per heavy atom. The molecule has 0 unspecified atom stereocenters. The van der Waals surface area contributed by atoms with Gasteiger partial charge < -0.3 is 9.47 Å². The summed E-state index contributed by atoms with van der Waals surface area (Å²) in [6.07, 6.45) is 4.40. The van der Waals surface area contributed by atoms with Gasteiger partial charge in [0.15, 0.2) is 0 Å². The second-order valence-electron chi connectivity index (χ2n) is 5.59. The highest BCUT2D eigenvalue weighted by Crippen LogP contribution is 2.30. The van der Waals surface area contributed by atoms with Crippen molar-refractivity contribution in [3.63, 3.8) is 0 Å². The van der Waals surface area contributed by atoms with Gasteiger partial charge in [-0.25, -0.2) is 0 Å². The van der Waals surface area contributed by atoms with Crippen molar-refractivity contribution in [3.8, 4) is 0 Å². The Labute approximate surface area is 105 Å². The van der Waals surface area contributed by atoms with Gasteiger partial charge in [0.25, 0.3) is 0 Å². The van der Waals surface area contributed by atoms with Crippen LogP contribution < -0.4 is 0 Å². The molecule has 1 fully saturated rings. The number of hydrogen-bond acceptors (Lipinski definition) is 3. The van der Waals surface area contributed by atoms with Gasteiger partial charge in [0, 0.05) is 6.61 Å². The molecule has 0 aromatic heterocycles. The Kier molecular flexibility index (Phi) is 5.96. The zero-order valence-corrected chi connectivity index (χ0v) is 11.6. The fourth-order valence-electron chi connectivity index (χ4n) is 2.22. The van der Waals surface area contributed by atoms with E-state index in [0.717, 1.165) is 32.3 Å². The molecule has 1 saturated carbocycles. The first-order valence-corrected chi connectivity index (χ1v) is 6.81. The standard InChI is InChI=1S/C14H26O3/c1-10(2)16-9-12-5-7-13(8-6-12)14(15)17-11(3)4/h10-13H,5-9H2,1-4H3. The third-order valence-corrected chi connectivity index (χ3v) is 3.20. The van der Waals surface area contributed by atoms with Crippen LogP contribution in [-0.4, -0.2) is 24.8 Å². The molecule has 3 nitrogen and oxygen atoms in total. The summed E-state index contributed by atoms with van der Waals surface area (Å²) in [5.41, 5.74) is 0. The molecule has 0 saturated heterocycles. The average Bonchev–Trinajstić information content (AvgIpc) is 2.26. The van der Waals surface area contributed by atoms with Crippen LogP contribution in [0.3, 0.4) is 0 Å². The van der Waals surface area contributed by atoms with Gasteiger partial charge in [0.1, 0.15) is 0 Å². The van der Waals surface area contributed by atoms with Crippen molar-refractivity contribution in [1.82, 2.24) is 0 Å². The molecule has 100 valence electrons. The number of hydrogen-bond donors (Lipinski definition) is 0. The Hall–Kier alpha value is -0.570. The number of carbonyl (C=O) groups excluding carboxylic acids is 1. The van der Waals surface area contributed by atoms with Crippen LogP contribution in [0.2, 0.25) is 0 Å². The maximum Gasteiger partial charge on any atom is 0.309 e. The largest absolute Gasteiger partial charge is 0.463 e. The second-order valence-corrected chi connectivity index (χ2v) is 5.59. The van der Waals surface area contributed by atoms with Crippen LogP contribution in [0, 0.1) is 11.8 Å². The summed E-state index contributed by atoms with van der Waals surface area (Å²) in [5, 5.41) is 0. The lowest BCUT2D eigenvalue weighted by Crippen LogP contribution is -2.27. The highest BCUT2D eigenvalue weighted by molar-refractivity contribution is 5.72. The van der Waals surface area contributed by atoms with Crippen molar-refractivity contribution in [3.05, 3.63) is 0 Å². The van der Waals surface area contributed by atoms with Gasteiger partial charge in [0.2, 0.25) is 0 Å². The summed E-state index contributed by atoms with van der Waals surface area (Å²) < 4.78 is 10.9. The van der Waals surface area contributed by atoms with E-state index in [1.54, 1.807) is 0 Å². The molecule has 0 bridgehead atoms. The number of carbonyl (C=O) groups is 1. The van der Waals surface area contributed by atoms with Crippen molar-refractivity contribution in [1.29, 1.82) is 0 Å². The van der Waals surface area contributed by atoms with Crippen molar-refractivity contribution in [2.24, 2.45) is 11.8 Å². The number of rotatable bonds is 5. The second kappa shape index (κ2) is 7.00. The van der Waals surface area contributed by atoms with E-state index in [0.29, 0.717) is 12.0 Å². The van der Waals surface area contributed by atoms with E-state index in [-0.39, 0.29) is 18.0 Å². The summed E-state index contributed by atoms with van der Waals surface area (Å²) in [6, 6.07) is 0. The third kappa shape index (κ3) is 5.53. The van der Waals surface area contributed by atoms with Gasteiger partial charge in [-0.05, 0) is 59.3 Å². The van der Waals surface area contributed by atoms with Gasteiger partial charge in [0.05, 0.1) is 18.1 Å². The summed E-state index contributed by atoms with van der Waals surface area (Å²) in [5.74, 6) is 0.733. The van der Waals surface area contributed by atoms with E-state index in [4.69, 9.17) is 9.47 Å². The first-order valence-electron chi connectivity index (χ1n) is 6.81. The smallest absolute Gasteiger partial charge is 0.309 e. The highest BCUT2D eigenvalue weighted by Gasteiger charge is 2.27. The molecule has 1 aliphatic carbocycles. The van der Waals surface area contributed by atoms with Gasteiger partial charge in [-0.1, -0.05) is 0 Å². The minimum Gasteiger partial charge on any atom is -0.463 e. The topological polar surface area (TPSA) is 35.5 Å². The van der Waals surface area contributed by atoms with Crippen LogP contribution in [0.4, 0.5) is 0 Å². The van der Waals surface area contributed by atoms with E-state index in [1.165, 1.54) is 0 Å². The summed E-state index contributed by atoms with van der Waals surface area (Å²) in [7, 11) is 0. The van der Waals surface area contributed by atoms with Gasteiger partial charge >= 0.3 is 5.97 Å². The molecular formula is C14H26O3. The molecule has 0 heterocycles. The molecule has 0 N–H and O–H groups in total. The molecule has 0 aliphatic heterocycles. The van der Waals surface area contributed by atoms with Crippen molar-refractivity contribution >= 4 is 5.97 Å². The van der Waals surface area contributed by atoms with E-state index in [9.17, 15) is 4.79 Å². The first kappa shape index (κ1) is 14.5. The molecule has 0 aromatic rings.